The van der Waals surface area contributed by atoms with Gasteiger partial charge in [0.1, 0.15) is 5.75 Å². The van der Waals surface area contributed by atoms with Crippen LogP contribution in [0, 0.1) is 10.1 Å². The molecule has 0 aromatic heterocycles. The van der Waals surface area contributed by atoms with Crippen LogP contribution in [0.15, 0.2) is 109 Å². The second-order valence-corrected chi connectivity index (χ2v) is 7.41. The van der Waals surface area contributed by atoms with Gasteiger partial charge in [0.2, 0.25) is 0 Å². The Morgan fingerprint density at radius 3 is 2.18 bits per heavy atom. The Morgan fingerprint density at radius 2 is 1.44 bits per heavy atom. The van der Waals surface area contributed by atoms with Gasteiger partial charge in [-0.3, -0.25) is 14.9 Å². The van der Waals surface area contributed by atoms with Crippen LogP contribution in [0.1, 0.15) is 26.3 Å². The Morgan fingerprint density at radius 1 is 0.735 bits per heavy atom. The quantitative estimate of drug-likeness (QED) is 0.0816. The van der Waals surface area contributed by atoms with Crippen molar-refractivity contribution in [1.29, 1.82) is 0 Å². The van der Waals surface area contributed by atoms with Crippen LogP contribution in [0.5, 0.6) is 5.75 Å². The summed E-state index contributed by atoms with van der Waals surface area (Å²) in [5.41, 5.74) is 3.21. The highest BCUT2D eigenvalue weighted by Gasteiger charge is 2.13. The lowest BCUT2D eigenvalue weighted by Gasteiger charge is -2.05. The van der Waals surface area contributed by atoms with E-state index in [0.29, 0.717) is 11.1 Å². The summed E-state index contributed by atoms with van der Waals surface area (Å²) in [4.78, 5) is 35.3. The Hall–Kier alpha value is -4.84. The van der Waals surface area contributed by atoms with Crippen LogP contribution in [0.4, 0.5) is 5.69 Å². The molecule has 0 aliphatic heterocycles. The van der Waals surface area contributed by atoms with Crippen molar-refractivity contribution in [2.45, 2.75) is 0 Å². The van der Waals surface area contributed by atoms with Crippen molar-refractivity contribution in [2.75, 3.05) is 0 Å². The molecule has 0 aliphatic carbocycles. The Kier molecular flexibility index (Phi) is 6.70. The Labute approximate surface area is 195 Å². The number of allylic oxidation sites excluding steroid dienone is 1. The molecule has 0 unspecified atom stereocenters. The summed E-state index contributed by atoms with van der Waals surface area (Å²) in [5.74, 6) is -0.601. The minimum absolute atomic E-state index is 0.0734. The van der Waals surface area contributed by atoms with E-state index in [1.54, 1.807) is 42.5 Å². The molecule has 166 valence electrons. The zero-order chi connectivity index (χ0) is 23.9. The largest absolute Gasteiger partial charge is 0.423 e. The molecule has 4 rings (SSSR count). The molecule has 0 amide bonds. The number of hydrogen-bond donors (Lipinski definition) is 0. The monoisotopic (exact) mass is 449 g/mol. The second kappa shape index (κ2) is 10.2. The fraction of sp³-hybridized carbons (Fsp3) is 0. The van der Waals surface area contributed by atoms with Gasteiger partial charge >= 0.3 is 5.97 Å². The van der Waals surface area contributed by atoms with Crippen molar-refractivity contribution in [3.8, 4) is 16.9 Å². The molecule has 0 fully saturated rings. The molecule has 0 N–H and O–H groups in total. The standard InChI is InChI=1S/C28H19NO5/c30-27(23-15-13-22(14-16-23)21-7-2-1-3-8-21)17-12-20-6-4-11-26(18-20)34-28(31)24-9-5-10-25(19-24)29(32)33/h1-19H/b17-12+. The first-order chi connectivity index (χ1) is 16.5. The lowest BCUT2D eigenvalue weighted by Crippen LogP contribution is -2.08. The summed E-state index contributed by atoms with van der Waals surface area (Å²) in [6.07, 6.45) is 3.09. The highest BCUT2D eigenvalue weighted by molar-refractivity contribution is 6.07. The van der Waals surface area contributed by atoms with Gasteiger partial charge in [0, 0.05) is 17.7 Å². The van der Waals surface area contributed by atoms with E-state index < -0.39 is 10.9 Å². The number of carbonyl (C=O) groups is 2. The lowest BCUT2D eigenvalue weighted by atomic mass is 10.0. The van der Waals surface area contributed by atoms with Crippen molar-refractivity contribution >= 4 is 23.5 Å². The van der Waals surface area contributed by atoms with E-state index >= 15 is 0 Å². The number of nitro groups is 1. The molecule has 4 aromatic rings. The molecular weight excluding hydrogens is 430 g/mol. The average Bonchev–Trinajstić information content (AvgIpc) is 2.88. The van der Waals surface area contributed by atoms with Crippen LogP contribution in [0.25, 0.3) is 17.2 Å². The summed E-state index contributed by atoms with van der Waals surface area (Å²) in [7, 11) is 0. The number of hydrogen-bond acceptors (Lipinski definition) is 5. The van der Waals surface area contributed by atoms with Gasteiger partial charge in [-0.05, 0) is 41.0 Å². The Bertz CT molecular complexity index is 1380. The van der Waals surface area contributed by atoms with Gasteiger partial charge in [-0.2, -0.15) is 0 Å². The first-order valence-corrected chi connectivity index (χ1v) is 10.4. The number of nitrogens with zero attached hydrogens (tertiary/aromatic N) is 1. The van der Waals surface area contributed by atoms with Crippen LogP contribution >= 0.6 is 0 Å². The van der Waals surface area contributed by atoms with Crippen LogP contribution < -0.4 is 4.74 Å². The number of ketones is 1. The summed E-state index contributed by atoms with van der Waals surface area (Å²) in [6, 6.07) is 29.3. The molecule has 0 saturated heterocycles. The van der Waals surface area contributed by atoms with Crippen molar-refractivity contribution in [3.05, 3.63) is 136 Å². The molecule has 0 bridgehead atoms. The predicted molar refractivity (Wildman–Crippen MR) is 130 cm³/mol. The van der Waals surface area contributed by atoms with E-state index in [1.807, 2.05) is 42.5 Å². The van der Waals surface area contributed by atoms with E-state index in [2.05, 4.69) is 0 Å². The molecule has 0 aliphatic rings. The molecule has 6 heteroatoms. The SMILES string of the molecule is O=C(/C=C/c1cccc(OC(=O)c2cccc([N+](=O)[O-])c2)c1)c1ccc(-c2ccccc2)cc1. The maximum atomic E-state index is 12.6. The van der Waals surface area contributed by atoms with E-state index in [-0.39, 0.29) is 22.8 Å². The molecular formula is C28H19NO5. The molecule has 0 heterocycles. The fourth-order valence-electron chi connectivity index (χ4n) is 3.32. The third kappa shape index (κ3) is 5.49. The minimum atomic E-state index is -0.709. The zero-order valence-corrected chi connectivity index (χ0v) is 18.0. The first kappa shape index (κ1) is 22.4. The second-order valence-electron chi connectivity index (χ2n) is 7.41. The van der Waals surface area contributed by atoms with Crippen molar-refractivity contribution < 1.29 is 19.2 Å². The zero-order valence-electron chi connectivity index (χ0n) is 18.0. The van der Waals surface area contributed by atoms with Crippen molar-refractivity contribution in [3.63, 3.8) is 0 Å². The maximum Gasteiger partial charge on any atom is 0.343 e. The van der Waals surface area contributed by atoms with Gasteiger partial charge in [-0.15, -0.1) is 0 Å². The number of carbonyl (C=O) groups excluding carboxylic acids is 2. The van der Waals surface area contributed by atoms with Gasteiger partial charge in [-0.25, -0.2) is 4.79 Å². The van der Waals surface area contributed by atoms with Gasteiger partial charge in [0.25, 0.3) is 5.69 Å². The number of rotatable bonds is 7. The molecule has 6 nitrogen and oxygen atoms in total. The molecule has 34 heavy (non-hydrogen) atoms. The van der Waals surface area contributed by atoms with Gasteiger partial charge in [-0.1, -0.05) is 78.9 Å². The van der Waals surface area contributed by atoms with Gasteiger partial charge in [0.05, 0.1) is 10.5 Å². The molecule has 4 aromatic carbocycles. The first-order valence-electron chi connectivity index (χ1n) is 10.4. The van der Waals surface area contributed by atoms with Gasteiger partial charge in [0.15, 0.2) is 5.78 Å². The van der Waals surface area contributed by atoms with E-state index in [0.717, 1.165) is 17.2 Å². The van der Waals surface area contributed by atoms with E-state index in [9.17, 15) is 19.7 Å². The predicted octanol–water partition coefficient (Wildman–Crippen LogP) is 6.38. The van der Waals surface area contributed by atoms with Crippen molar-refractivity contribution in [1.82, 2.24) is 0 Å². The van der Waals surface area contributed by atoms with Crippen LogP contribution in [0.2, 0.25) is 0 Å². The highest BCUT2D eigenvalue weighted by atomic mass is 16.6. The number of ether oxygens (including phenoxy) is 1. The number of non-ortho nitro benzene ring substituents is 1. The van der Waals surface area contributed by atoms with E-state index in [1.165, 1.54) is 24.3 Å². The number of benzene rings is 4. The summed E-state index contributed by atoms with van der Waals surface area (Å²) in [5, 5.41) is 10.9. The molecule has 0 atom stereocenters. The van der Waals surface area contributed by atoms with Crippen LogP contribution in [0.3, 0.4) is 0 Å². The van der Waals surface area contributed by atoms with Gasteiger partial charge < -0.3 is 4.74 Å². The number of nitro benzene ring substituents is 1. The van der Waals surface area contributed by atoms with E-state index in [4.69, 9.17) is 4.74 Å². The minimum Gasteiger partial charge on any atom is -0.423 e. The average molecular weight is 449 g/mol. The molecule has 0 radical (unpaired) electrons. The molecule has 0 spiro atoms. The topological polar surface area (TPSA) is 86.5 Å². The summed E-state index contributed by atoms with van der Waals surface area (Å²) in [6.45, 7) is 0. The smallest absolute Gasteiger partial charge is 0.343 e. The lowest BCUT2D eigenvalue weighted by molar-refractivity contribution is -0.384. The number of esters is 1. The molecule has 0 saturated carbocycles. The summed E-state index contributed by atoms with van der Waals surface area (Å²) >= 11 is 0. The maximum absolute atomic E-state index is 12.6. The van der Waals surface area contributed by atoms with Crippen LogP contribution in [-0.4, -0.2) is 16.7 Å². The summed E-state index contributed by atoms with van der Waals surface area (Å²) < 4.78 is 5.34. The highest BCUT2D eigenvalue weighted by Crippen LogP contribution is 2.21. The normalized spacial score (nSPS) is 10.7. The fourth-order valence-corrected chi connectivity index (χ4v) is 3.32. The third-order valence-electron chi connectivity index (χ3n) is 5.07. The Balaban J connectivity index is 1.43. The van der Waals surface area contributed by atoms with Crippen LogP contribution in [-0.2, 0) is 0 Å². The third-order valence-corrected chi connectivity index (χ3v) is 5.07. The van der Waals surface area contributed by atoms with Crippen molar-refractivity contribution in [2.24, 2.45) is 0 Å².